The quantitative estimate of drug-likeness (QED) is 0.290. The third-order valence-corrected chi connectivity index (χ3v) is 4.51. The molecule has 0 aliphatic rings. The van der Waals surface area contributed by atoms with Crippen molar-refractivity contribution < 1.29 is 23.9 Å². The Bertz CT molecular complexity index is 896. The minimum atomic E-state index is -0.537. The molecule has 0 amide bonds. The van der Waals surface area contributed by atoms with Gasteiger partial charge in [0.05, 0.1) is 37.7 Å². The van der Waals surface area contributed by atoms with E-state index in [1.807, 2.05) is 6.92 Å². The van der Waals surface area contributed by atoms with Gasteiger partial charge in [0.2, 0.25) is 10.9 Å². The third kappa shape index (κ3) is 4.94. The number of thiazole rings is 1. The molecule has 0 fully saturated rings. The Hall–Kier alpha value is -3.21. The summed E-state index contributed by atoms with van der Waals surface area (Å²) in [5, 5.41) is 15.8. The van der Waals surface area contributed by atoms with Crippen molar-refractivity contribution in [1.82, 2.24) is 4.98 Å². The molecule has 0 radical (unpaired) electrons. The maximum absolute atomic E-state index is 11.6. The van der Waals surface area contributed by atoms with Gasteiger partial charge in [-0.1, -0.05) is 18.3 Å². The van der Waals surface area contributed by atoms with Gasteiger partial charge in [-0.2, -0.15) is 5.10 Å². The van der Waals surface area contributed by atoms with Crippen molar-refractivity contribution in [3.05, 3.63) is 38.4 Å². The second-order valence-electron chi connectivity index (χ2n) is 5.47. The Kier molecular flexibility index (Phi) is 7.27. The number of aromatic nitrogens is 1. The molecule has 1 aromatic heterocycles. The first-order valence-corrected chi connectivity index (χ1v) is 9.06. The first-order chi connectivity index (χ1) is 13.4. The van der Waals surface area contributed by atoms with Crippen molar-refractivity contribution >= 4 is 34.3 Å². The van der Waals surface area contributed by atoms with Crippen LogP contribution >= 0.6 is 11.3 Å². The summed E-state index contributed by atoms with van der Waals surface area (Å²) in [6.45, 7) is 3.91. The first kappa shape index (κ1) is 21.1. The average Bonchev–Trinajstić information content (AvgIpc) is 3.05. The highest BCUT2D eigenvalue weighted by atomic mass is 32.1. The van der Waals surface area contributed by atoms with Crippen molar-refractivity contribution in [1.29, 1.82) is 0 Å². The maximum Gasteiger partial charge on any atom is 0.350 e. The molecule has 11 heteroatoms. The lowest BCUT2D eigenvalue weighted by Crippen LogP contribution is -2.03. The summed E-state index contributed by atoms with van der Waals surface area (Å²) in [5.74, 6) is -0.157. The summed E-state index contributed by atoms with van der Waals surface area (Å²) >= 11 is 1.09. The molecule has 1 aromatic carbocycles. The highest BCUT2D eigenvalue weighted by Gasteiger charge is 2.22. The van der Waals surface area contributed by atoms with Crippen molar-refractivity contribution in [3.8, 4) is 11.5 Å². The largest absolute Gasteiger partial charge is 0.493 e. The van der Waals surface area contributed by atoms with Gasteiger partial charge in [-0.25, -0.2) is 9.78 Å². The number of methoxy groups -OCH3 is 2. The van der Waals surface area contributed by atoms with Crippen LogP contribution in [0.5, 0.6) is 11.5 Å². The molecule has 1 heterocycles. The molecule has 0 unspecified atom stereocenters. The summed E-state index contributed by atoms with van der Waals surface area (Å²) in [6, 6.07) is 2.92. The van der Waals surface area contributed by atoms with Gasteiger partial charge in [0.25, 0.3) is 0 Å². The summed E-state index contributed by atoms with van der Waals surface area (Å²) < 4.78 is 15.4. The number of ether oxygens (including phenoxy) is 3. The minimum absolute atomic E-state index is 0.0812. The molecule has 0 aliphatic heterocycles. The number of rotatable bonds is 9. The van der Waals surface area contributed by atoms with Crippen LogP contribution in [-0.4, -0.2) is 42.9 Å². The van der Waals surface area contributed by atoms with Crippen LogP contribution in [0.15, 0.2) is 17.2 Å². The van der Waals surface area contributed by atoms with E-state index in [-0.39, 0.29) is 17.2 Å². The number of nitro benzene ring substituents is 1. The molecule has 0 aliphatic carbocycles. The maximum atomic E-state index is 11.6. The van der Waals surface area contributed by atoms with Gasteiger partial charge >= 0.3 is 11.7 Å². The standard InChI is InChI=1S/C17H20N4O6S/c1-5-6-27-14-12(21(23)24)7-11(8-13(14)25-3)9-18-20-17-19-10(2)15(28-17)16(22)26-4/h7-9H,5-6H2,1-4H3,(H,19,20)/b18-9-. The second-order valence-corrected chi connectivity index (χ2v) is 6.47. The minimum Gasteiger partial charge on any atom is -0.493 e. The number of hydrogen-bond donors (Lipinski definition) is 1. The number of hydrogen-bond acceptors (Lipinski definition) is 10. The van der Waals surface area contributed by atoms with Crippen molar-refractivity contribution in [2.45, 2.75) is 20.3 Å². The van der Waals surface area contributed by atoms with Gasteiger partial charge < -0.3 is 14.2 Å². The van der Waals surface area contributed by atoms with Crippen molar-refractivity contribution in [2.24, 2.45) is 5.10 Å². The number of benzene rings is 1. The molecule has 28 heavy (non-hydrogen) atoms. The predicted molar refractivity (Wildman–Crippen MR) is 105 cm³/mol. The zero-order valence-corrected chi connectivity index (χ0v) is 16.7. The van der Waals surface area contributed by atoms with Gasteiger partial charge in [0, 0.05) is 11.6 Å². The van der Waals surface area contributed by atoms with Crippen molar-refractivity contribution in [2.75, 3.05) is 26.3 Å². The van der Waals surface area contributed by atoms with Gasteiger partial charge in [-0.15, -0.1) is 0 Å². The molecular weight excluding hydrogens is 388 g/mol. The van der Waals surface area contributed by atoms with Crippen LogP contribution in [0.25, 0.3) is 0 Å². The average molecular weight is 408 g/mol. The summed E-state index contributed by atoms with van der Waals surface area (Å²) in [7, 11) is 2.70. The van der Waals surface area contributed by atoms with E-state index in [1.54, 1.807) is 13.0 Å². The fourth-order valence-corrected chi connectivity index (χ4v) is 3.04. The lowest BCUT2D eigenvalue weighted by atomic mass is 10.2. The van der Waals surface area contributed by atoms with E-state index in [0.29, 0.717) is 34.3 Å². The van der Waals surface area contributed by atoms with Crippen LogP contribution in [-0.2, 0) is 4.74 Å². The van der Waals surface area contributed by atoms with Gasteiger partial charge in [-0.3, -0.25) is 15.5 Å². The molecule has 2 rings (SSSR count). The summed E-state index contributed by atoms with van der Waals surface area (Å²) in [5.41, 5.74) is 3.43. The number of esters is 1. The Labute approximate surface area is 165 Å². The zero-order valence-electron chi connectivity index (χ0n) is 15.8. The summed E-state index contributed by atoms with van der Waals surface area (Å²) in [4.78, 5) is 27.0. The Morgan fingerprint density at radius 2 is 2.18 bits per heavy atom. The van der Waals surface area contributed by atoms with E-state index in [0.717, 1.165) is 11.3 Å². The Morgan fingerprint density at radius 1 is 1.43 bits per heavy atom. The molecular formula is C17H20N4O6S. The van der Waals surface area contributed by atoms with E-state index in [2.05, 4.69) is 20.2 Å². The van der Waals surface area contributed by atoms with E-state index in [9.17, 15) is 14.9 Å². The predicted octanol–water partition coefficient (Wildman–Crippen LogP) is 3.39. The monoisotopic (exact) mass is 408 g/mol. The molecule has 0 saturated carbocycles. The van der Waals surface area contributed by atoms with Crippen LogP contribution in [0, 0.1) is 17.0 Å². The lowest BCUT2D eigenvalue weighted by molar-refractivity contribution is -0.386. The number of carbonyl (C=O) groups excluding carboxylic acids is 1. The lowest BCUT2D eigenvalue weighted by Gasteiger charge is -2.11. The van der Waals surface area contributed by atoms with E-state index >= 15 is 0 Å². The number of anilines is 1. The first-order valence-electron chi connectivity index (χ1n) is 8.25. The second kappa shape index (κ2) is 9.65. The van der Waals surface area contributed by atoms with Gasteiger partial charge in [-0.05, 0) is 19.4 Å². The highest BCUT2D eigenvalue weighted by Crippen LogP contribution is 2.38. The zero-order chi connectivity index (χ0) is 20.7. The Balaban J connectivity index is 2.24. The topological polar surface area (TPSA) is 125 Å². The SMILES string of the molecule is CCCOc1c(OC)cc(/C=N\Nc2nc(C)c(C(=O)OC)s2)cc1[N+](=O)[O-]. The van der Waals surface area contributed by atoms with Crippen LogP contribution in [0.4, 0.5) is 10.8 Å². The van der Waals surface area contributed by atoms with E-state index in [1.165, 1.54) is 26.5 Å². The van der Waals surface area contributed by atoms with Crippen LogP contribution in [0.2, 0.25) is 0 Å². The molecule has 0 saturated heterocycles. The molecule has 0 atom stereocenters. The number of nitrogens with one attached hydrogen (secondary N) is 1. The highest BCUT2D eigenvalue weighted by molar-refractivity contribution is 7.17. The number of nitrogens with zero attached hydrogens (tertiary/aromatic N) is 3. The summed E-state index contributed by atoms with van der Waals surface area (Å²) in [6.07, 6.45) is 2.09. The Morgan fingerprint density at radius 3 is 2.79 bits per heavy atom. The fourth-order valence-electron chi connectivity index (χ4n) is 2.21. The number of aryl methyl sites for hydroxylation is 1. The van der Waals surface area contributed by atoms with Gasteiger partial charge in [0.1, 0.15) is 4.88 Å². The number of nitro groups is 1. The van der Waals surface area contributed by atoms with Crippen LogP contribution < -0.4 is 14.9 Å². The smallest absolute Gasteiger partial charge is 0.350 e. The van der Waals surface area contributed by atoms with Crippen LogP contribution in [0.1, 0.15) is 34.3 Å². The van der Waals surface area contributed by atoms with E-state index in [4.69, 9.17) is 9.47 Å². The number of carbonyl (C=O) groups is 1. The third-order valence-electron chi connectivity index (χ3n) is 3.47. The molecule has 0 bridgehead atoms. The van der Waals surface area contributed by atoms with Crippen molar-refractivity contribution in [3.63, 3.8) is 0 Å². The fraction of sp³-hybridized carbons (Fsp3) is 0.353. The number of hydrazone groups is 1. The van der Waals surface area contributed by atoms with E-state index < -0.39 is 10.9 Å². The van der Waals surface area contributed by atoms with Gasteiger partial charge in [0.15, 0.2) is 5.75 Å². The molecule has 10 nitrogen and oxygen atoms in total. The molecule has 1 N–H and O–H groups in total. The molecule has 0 spiro atoms. The molecule has 150 valence electrons. The van der Waals surface area contributed by atoms with Crippen LogP contribution in [0.3, 0.4) is 0 Å². The molecule has 2 aromatic rings. The normalized spacial score (nSPS) is 10.7.